The number of carbonyl (C=O) groups is 1. The van der Waals surface area contributed by atoms with Crippen LogP contribution in [0.3, 0.4) is 0 Å². The number of hydrogen-bond donors (Lipinski definition) is 1. The molecule has 0 spiro atoms. The molecule has 0 saturated carbocycles. The number of halogens is 1. The van der Waals surface area contributed by atoms with E-state index in [2.05, 4.69) is 11.8 Å². The topological polar surface area (TPSA) is 43.1 Å². The molecule has 0 atom stereocenters. The maximum atomic E-state index is 13.2. The maximum Gasteiger partial charge on any atom is 0.139 e. The van der Waals surface area contributed by atoms with Gasteiger partial charge >= 0.3 is 0 Å². The Labute approximate surface area is 81.9 Å². The number of rotatable bonds is 1. The van der Waals surface area contributed by atoms with Crippen LogP contribution in [0.5, 0.6) is 0 Å². The second kappa shape index (κ2) is 4.43. The van der Waals surface area contributed by atoms with Crippen LogP contribution in [0.1, 0.15) is 17.5 Å². The summed E-state index contributed by atoms with van der Waals surface area (Å²) in [4.78, 5) is 9.98. The highest BCUT2D eigenvalue weighted by atomic mass is 19.1. The minimum Gasteiger partial charge on any atom is -0.398 e. The Morgan fingerprint density at radius 2 is 2.29 bits per heavy atom. The normalized spacial score (nSPS) is 9.00. The van der Waals surface area contributed by atoms with Crippen LogP contribution in [0.25, 0.3) is 0 Å². The molecule has 0 radical (unpaired) electrons. The first-order valence-electron chi connectivity index (χ1n) is 4.13. The second-order valence-electron chi connectivity index (χ2n) is 2.86. The molecule has 14 heavy (non-hydrogen) atoms. The molecule has 1 aromatic rings. The van der Waals surface area contributed by atoms with E-state index in [1.54, 1.807) is 6.92 Å². The van der Waals surface area contributed by atoms with Gasteiger partial charge in [0, 0.05) is 5.69 Å². The highest BCUT2D eigenvalue weighted by Crippen LogP contribution is 2.16. The molecule has 0 heterocycles. The Morgan fingerprint density at radius 1 is 1.57 bits per heavy atom. The Hall–Kier alpha value is -1.82. The van der Waals surface area contributed by atoms with Gasteiger partial charge in [0.1, 0.15) is 12.1 Å². The minimum atomic E-state index is -0.407. The first kappa shape index (κ1) is 10.3. The number of nitrogen functional groups attached to an aromatic ring is 1. The van der Waals surface area contributed by atoms with Gasteiger partial charge in [-0.15, -0.1) is 0 Å². The fraction of sp³-hybridized carbons (Fsp3) is 0.182. The SMILES string of the molecule is Cc1cc(F)c(C#CCC=O)cc1N. The maximum absolute atomic E-state index is 13.2. The molecule has 0 aliphatic rings. The summed E-state index contributed by atoms with van der Waals surface area (Å²) < 4.78 is 13.2. The van der Waals surface area contributed by atoms with Crippen molar-refractivity contribution in [3.63, 3.8) is 0 Å². The lowest BCUT2D eigenvalue weighted by molar-refractivity contribution is -0.107. The number of hydrogen-bond acceptors (Lipinski definition) is 2. The fourth-order valence-corrected chi connectivity index (χ4v) is 0.973. The summed E-state index contributed by atoms with van der Waals surface area (Å²) in [6, 6.07) is 2.81. The van der Waals surface area contributed by atoms with Crippen LogP contribution < -0.4 is 5.73 Å². The molecular weight excluding hydrogens is 181 g/mol. The van der Waals surface area contributed by atoms with Crippen molar-refractivity contribution in [2.75, 3.05) is 5.73 Å². The van der Waals surface area contributed by atoms with E-state index in [9.17, 15) is 9.18 Å². The molecule has 0 aliphatic carbocycles. The average Bonchev–Trinajstić information content (AvgIpc) is 2.14. The van der Waals surface area contributed by atoms with E-state index < -0.39 is 5.82 Å². The summed E-state index contributed by atoms with van der Waals surface area (Å²) >= 11 is 0. The van der Waals surface area contributed by atoms with E-state index in [-0.39, 0.29) is 12.0 Å². The van der Waals surface area contributed by atoms with Gasteiger partial charge in [-0.2, -0.15) is 0 Å². The first-order chi connectivity index (χ1) is 6.65. The minimum absolute atomic E-state index is 0.104. The molecule has 2 nitrogen and oxygen atoms in total. The molecule has 2 N–H and O–H groups in total. The highest BCUT2D eigenvalue weighted by Gasteiger charge is 2.02. The zero-order chi connectivity index (χ0) is 10.6. The lowest BCUT2D eigenvalue weighted by Crippen LogP contribution is -1.93. The standard InChI is InChI=1S/C11H10FNO/c1-8-6-10(12)9(7-11(8)13)4-2-3-5-14/h5-7H,3,13H2,1H3. The van der Waals surface area contributed by atoms with E-state index in [0.717, 1.165) is 0 Å². The lowest BCUT2D eigenvalue weighted by atomic mass is 10.1. The number of aryl methyl sites for hydroxylation is 1. The van der Waals surface area contributed by atoms with E-state index in [1.165, 1.54) is 12.1 Å². The van der Waals surface area contributed by atoms with Crippen molar-refractivity contribution in [2.45, 2.75) is 13.3 Å². The van der Waals surface area contributed by atoms with Gasteiger partial charge in [-0.1, -0.05) is 11.8 Å². The summed E-state index contributed by atoms with van der Waals surface area (Å²) in [5, 5.41) is 0. The molecular formula is C11H10FNO. The third kappa shape index (κ3) is 2.33. The molecule has 0 aliphatic heterocycles. The summed E-state index contributed by atoms with van der Waals surface area (Å²) in [5.41, 5.74) is 7.01. The van der Waals surface area contributed by atoms with Crippen molar-refractivity contribution >= 4 is 12.0 Å². The lowest BCUT2D eigenvalue weighted by Gasteiger charge is -2.01. The van der Waals surface area contributed by atoms with E-state index >= 15 is 0 Å². The quantitative estimate of drug-likeness (QED) is 0.416. The van der Waals surface area contributed by atoms with Gasteiger partial charge in [-0.3, -0.25) is 0 Å². The van der Waals surface area contributed by atoms with Crippen molar-refractivity contribution < 1.29 is 9.18 Å². The molecule has 3 heteroatoms. The second-order valence-corrected chi connectivity index (χ2v) is 2.86. The molecule has 0 bridgehead atoms. The van der Waals surface area contributed by atoms with Gasteiger partial charge < -0.3 is 10.5 Å². The molecule has 0 amide bonds. The molecule has 0 saturated heterocycles. The van der Waals surface area contributed by atoms with Gasteiger partial charge in [-0.05, 0) is 24.6 Å². The van der Waals surface area contributed by atoms with E-state index in [4.69, 9.17) is 5.73 Å². The Morgan fingerprint density at radius 3 is 2.93 bits per heavy atom. The molecule has 0 aromatic heterocycles. The van der Waals surface area contributed by atoms with Crippen molar-refractivity contribution in [3.8, 4) is 11.8 Å². The monoisotopic (exact) mass is 191 g/mol. The molecule has 1 rings (SSSR count). The predicted octanol–water partition coefficient (Wildman–Crippen LogP) is 1.66. The zero-order valence-corrected chi connectivity index (χ0v) is 7.80. The Bertz CT molecular complexity index is 415. The third-order valence-corrected chi connectivity index (χ3v) is 1.76. The average molecular weight is 191 g/mol. The van der Waals surface area contributed by atoms with Crippen LogP contribution in [0, 0.1) is 24.6 Å². The van der Waals surface area contributed by atoms with Gasteiger partial charge in [0.2, 0.25) is 0 Å². The Balaban J connectivity index is 3.05. The van der Waals surface area contributed by atoms with Crippen molar-refractivity contribution in [3.05, 3.63) is 29.1 Å². The predicted molar refractivity (Wildman–Crippen MR) is 53.1 cm³/mol. The third-order valence-electron chi connectivity index (χ3n) is 1.76. The van der Waals surface area contributed by atoms with Gasteiger partial charge in [0.15, 0.2) is 0 Å². The molecule has 0 fully saturated rings. The number of anilines is 1. The van der Waals surface area contributed by atoms with Crippen LogP contribution in [-0.2, 0) is 4.79 Å². The van der Waals surface area contributed by atoms with Crippen LogP contribution >= 0.6 is 0 Å². The van der Waals surface area contributed by atoms with E-state index in [0.29, 0.717) is 17.5 Å². The van der Waals surface area contributed by atoms with Gasteiger partial charge in [0.25, 0.3) is 0 Å². The van der Waals surface area contributed by atoms with Crippen LogP contribution in [-0.4, -0.2) is 6.29 Å². The van der Waals surface area contributed by atoms with E-state index in [1.807, 2.05) is 0 Å². The molecule has 0 unspecified atom stereocenters. The highest BCUT2D eigenvalue weighted by molar-refractivity contribution is 5.57. The zero-order valence-electron chi connectivity index (χ0n) is 7.80. The molecule has 1 aromatic carbocycles. The van der Waals surface area contributed by atoms with Gasteiger partial charge in [0.05, 0.1) is 12.0 Å². The van der Waals surface area contributed by atoms with Crippen LogP contribution in [0.15, 0.2) is 12.1 Å². The van der Waals surface area contributed by atoms with Crippen LogP contribution in [0.4, 0.5) is 10.1 Å². The summed E-state index contributed by atoms with van der Waals surface area (Å²) in [6.07, 6.45) is 0.773. The van der Waals surface area contributed by atoms with Crippen molar-refractivity contribution in [2.24, 2.45) is 0 Å². The van der Waals surface area contributed by atoms with Crippen LogP contribution in [0.2, 0.25) is 0 Å². The summed E-state index contributed by atoms with van der Waals surface area (Å²) in [7, 11) is 0. The number of carbonyl (C=O) groups excluding carboxylic acids is 1. The molecule has 72 valence electrons. The number of aldehydes is 1. The smallest absolute Gasteiger partial charge is 0.139 e. The summed E-state index contributed by atoms with van der Waals surface area (Å²) in [6.45, 7) is 1.72. The van der Waals surface area contributed by atoms with Crippen molar-refractivity contribution in [1.82, 2.24) is 0 Å². The number of nitrogens with two attached hydrogens (primary N) is 1. The van der Waals surface area contributed by atoms with Crippen molar-refractivity contribution in [1.29, 1.82) is 0 Å². The fourth-order valence-electron chi connectivity index (χ4n) is 0.973. The first-order valence-corrected chi connectivity index (χ1v) is 4.13. The van der Waals surface area contributed by atoms with Gasteiger partial charge in [-0.25, -0.2) is 4.39 Å². The summed E-state index contributed by atoms with van der Waals surface area (Å²) in [5.74, 6) is 4.66. The Kier molecular flexibility index (Phi) is 3.24. The number of benzene rings is 1. The largest absolute Gasteiger partial charge is 0.398 e.